The van der Waals surface area contributed by atoms with Crippen molar-refractivity contribution in [3.05, 3.63) is 53.3 Å². The highest BCUT2D eigenvalue weighted by atomic mass is 19.1. The van der Waals surface area contributed by atoms with Gasteiger partial charge < -0.3 is 15.1 Å². The highest BCUT2D eigenvalue weighted by Gasteiger charge is 2.23. The summed E-state index contributed by atoms with van der Waals surface area (Å²) < 4.78 is 24.9. The molecule has 0 amide bonds. The van der Waals surface area contributed by atoms with Crippen LogP contribution >= 0.6 is 0 Å². The Kier molecular flexibility index (Phi) is 3.46. The molecule has 3 rings (SSSR count). The van der Waals surface area contributed by atoms with Crippen LogP contribution in [0.4, 0.5) is 4.39 Å². The lowest BCUT2D eigenvalue weighted by molar-refractivity contribution is 0.333. The van der Waals surface area contributed by atoms with E-state index in [0.717, 1.165) is 5.46 Å². The first-order valence-corrected chi connectivity index (χ1v) is 6.58. The van der Waals surface area contributed by atoms with Crippen LogP contribution in [-0.4, -0.2) is 6.92 Å². The lowest BCUT2D eigenvalue weighted by Crippen LogP contribution is -2.24. The van der Waals surface area contributed by atoms with E-state index < -0.39 is 0 Å². The molecule has 0 atom stereocenters. The van der Waals surface area contributed by atoms with Gasteiger partial charge in [0, 0.05) is 18.2 Å². The van der Waals surface area contributed by atoms with Crippen molar-refractivity contribution in [2.75, 3.05) is 0 Å². The predicted octanol–water partition coefficient (Wildman–Crippen LogP) is 2.44. The van der Waals surface area contributed by atoms with Crippen LogP contribution < -0.4 is 15.9 Å². The second-order valence-corrected chi connectivity index (χ2v) is 4.87. The molecular weight excluding hydrogens is 256 g/mol. The fourth-order valence-electron chi connectivity index (χ4n) is 2.34. The number of fused-ring (bicyclic) bond motifs is 1. The largest absolute Gasteiger partial charge is 0.457 e. The van der Waals surface area contributed by atoms with Gasteiger partial charge in [0.15, 0.2) is 0 Å². The van der Waals surface area contributed by atoms with Crippen LogP contribution in [0.2, 0.25) is 6.82 Å². The summed E-state index contributed by atoms with van der Waals surface area (Å²) >= 11 is 0. The van der Waals surface area contributed by atoms with Gasteiger partial charge in [0.2, 0.25) is 0 Å². The zero-order valence-electron chi connectivity index (χ0n) is 11.2. The zero-order chi connectivity index (χ0) is 14.1. The van der Waals surface area contributed by atoms with Gasteiger partial charge in [-0.05, 0) is 29.2 Å². The monoisotopic (exact) mass is 271 g/mol. The molecule has 0 unspecified atom stereocenters. The number of ether oxygens (including phenoxy) is 1. The minimum atomic E-state index is -0.345. The average molecular weight is 271 g/mol. The normalized spacial score (nSPS) is 13.4. The lowest BCUT2D eigenvalue weighted by atomic mass is 9.64. The van der Waals surface area contributed by atoms with Crippen molar-refractivity contribution >= 4 is 12.4 Å². The molecule has 20 heavy (non-hydrogen) atoms. The molecule has 2 N–H and O–H groups in total. The molecule has 2 aromatic rings. The maximum atomic E-state index is 13.7. The van der Waals surface area contributed by atoms with E-state index >= 15 is 0 Å². The third kappa shape index (κ3) is 2.42. The number of hydrogen-bond donors (Lipinski definition) is 1. The Labute approximate surface area is 117 Å². The van der Waals surface area contributed by atoms with E-state index in [9.17, 15) is 4.39 Å². The van der Waals surface area contributed by atoms with Crippen LogP contribution in [0.5, 0.6) is 11.5 Å². The zero-order valence-corrected chi connectivity index (χ0v) is 11.2. The molecule has 1 aliphatic heterocycles. The smallest absolute Gasteiger partial charge is 0.324 e. The van der Waals surface area contributed by atoms with E-state index in [4.69, 9.17) is 15.1 Å². The van der Waals surface area contributed by atoms with E-state index in [1.54, 1.807) is 12.1 Å². The highest BCUT2D eigenvalue weighted by molar-refractivity contribution is 6.67. The number of halogens is 1. The standard InChI is InChI=1S/C15H15BFNO2/c1-16-14-6-12(5-3-11(14)9-19-16)20-13-4-2-10(8-18)15(17)7-13/h2-7H,8-9,18H2,1H3. The van der Waals surface area contributed by atoms with Crippen molar-refractivity contribution in [2.45, 2.75) is 20.0 Å². The molecule has 0 bridgehead atoms. The van der Waals surface area contributed by atoms with Gasteiger partial charge in [-0.25, -0.2) is 4.39 Å². The summed E-state index contributed by atoms with van der Waals surface area (Å²) in [5.74, 6) is 0.801. The van der Waals surface area contributed by atoms with Gasteiger partial charge in [-0.15, -0.1) is 0 Å². The second-order valence-electron chi connectivity index (χ2n) is 4.87. The molecule has 102 valence electrons. The first-order chi connectivity index (χ1) is 9.67. The third-order valence-corrected chi connectivity index (χ3v) is 3.52. The summed E-state index contributed by atoms with van der Waals surface area (Å²) in [7, 11) is 0. The molecule has 0 fully saturated rings. The maximum Gasteiger partial charge on any atom is 0.324 e. The van der Waals surface area contributed by atoms with E-state index in [1.165, 1.54) is 11.6 Å². The number of hydrogen-bond acceptors (Lipinski definition) is 3. The van der Waals surface area contributed by atoms with E-state index in [1.807, 2.05) is 25.0 Å². The van der Waals surface area contributed by atoms with Crippen molar-refractivity contribution in [1.82, 2.24) is 0 Å². The van der Waals surface area contributed by atoms with Crippen LogP contribution in [0.15, 0.2) is 36.4 Å². The van der Waals surface area contributed by atoms with E-state index in [-0.39, 0.29) is 19.3 Å². The summed E-state index contributed by atoms with van der Waals surface area (Å²) in [5.41, 5.74) is 8.22. The number of benzene rings is 2. The average Bonchev–Trinajstić information content (AvgIpc) is 2.81. The Balaban J connectivity index is 1.85. The fraction of sp³-hybridized carbons (Fsp3) is 0.200. The predicted molar refractivity (Wildman–Crippen MR) is 76.8 cm³/mol. The highest BCUT2D eigenvalue weighted by Crippen LogP contribution is 2.24. The molecule has 3 nitrogen and oxygen atoms in total. The minimum absolute atomic E-state index is 0.0740. The summed E-state index contributed by atoms with van der Waals surface area (Å²) in [6.07, 6.45) is 0. The van der Waals surface area contributed by atoms with Crippen molar-refractivity contribution in [3.63, 3.8) is 0 Å². The van der Waals surface area contributed by atoms with Crippen molar-refractivity contribution in [3.8, 4) is 11.5 Å². The van der Waals surface area contributed by atoms with Gasteiger partial charge >= 0.3 is 6.92 Å². The molecule has 0 aliphatic carbocycles. The van der Waals surface area contributed by atoms with Crippen LogP contribution in [0, 0.1) is 5.82 Å². The Hall–Kier alpha value is -1.85. The molecule has 0 saturated carbocycles. The van der Waals surface area contributed by atoms with Gasteiger partial charge in [-0.3, -0.25) is 0 Å². The summed E-state index contributed by atoms with van der Waals surface area (Å²) in [5, 5.41) is 0. The Morgan fingerprint density at radius 3 is 2.75 bits per heavy atom. The van der Waals surface area contributed by atoms with Gasteiger partial charge in [-0.2, -0.15) is 0 Å². The van der Waals surface area contributed by atoms with Gasteiger partial charge in [0.25, 0.3) is 0 Å². The quantitative estimate of drug-likeness (QED) is 0.872. The van der Waals surface area contributed by atoms with Gasteiger partial charge in [0.1, 0.15) is 17.3 Å². The fourth-order valence-corrected chi connectivity index (χ4v) is 2.34. The first kappa shape index (κ1) is 13.2. The summed E-state index contributed by atoms with van der Waals surface area (Å²) in [4.78, 5) is 0. The minimum Gasteiger partial charge on any atom is -0.457 e. The van der Waals surface area contributed by atoms with Crippen LogP contribution in [0.1, 0.15) is 11.1 Å². The van der Waals surface area contributed by atoms with Crippen LogP contribution in [0.3, 0.4) is 0 Å². The Morgan fingerprint density at radius 1 is 1.25 bits per heavy atom. The topological polar surface area (TPSA) is 44.5 Å². The lowest BCUT2D eigenvalue weighted by Gasteiger charge is -2.09. The molecule has 1 heterocycles. The van der Waals surface area contributed by atoms with Gasteiger partial charge in [0.05, 0.1) is 6.61 Å². The van der Waals surface area contributed by atoms with E-state index in [2.05, 4.69) is 0 Å². The molecule has 0 radical (unpaired) electrons. The molecular formula is C15H15BFNO2. The second kappa shape index (κ2) is 5.27. The molecule has 1 aliphatic rings. The van der Waals surface area contributed by atoms with Crippen LogP contribution in [-0.2, 0) is 17.8 Å². The Bertz CT molecular complexity index is 648. The van der Waals surface area contributed by atoms with Crippen molar-refractivity contribution in [2.24, 2.45) is 5.73 Å². The molecule has 0 saturated heterocycles. The molecule has 0 spiro atoms. The Morgan fingerprint density at radius 2 is 2.00 bits per heavy atom. The van der Waals surface area contributed by atoms with Gasteiger partial charge in [-0.1, -0.05) is 19.0 Å². The SMILES string of the molecule is CB1OCc2ccc(Oc3ccc(CN)c(F)c3)cc21. The molecule has 0 aromatic heterocycles. The number of rotatable bonds is 3. The van der Waals surface area contributed by atoms with E-state index in [0.29, 0.717) is 23.7 Å². The maximum absolute atomic E-state index is 13.7. The molecule has 2 aromatic carbocycles. The van der Waals surface area contributed by atoms with Crippen molar-refractivity contribution in [1.29, 1.82) is 0 Å². The third-order valence-electron chi connectivity index (χ3n) is 3.52. The summed E-state index contributed by atoms with van der Waals surface area (Å²) in [6.45, 7) is 2.90. The number of nitrogens with two attached hydrogens (primary N) is 1. The molecule has 5 heteroatoms. The first-order valence-electron chi connectivity index (χ1n) is 6.58. The van der Waals surface area contributed by atoms with Crippen molar-refractivity contribution < 1.29 is 13.8 Å². The summed E-state index contributed by atoms with van der Waals surface area (Å²) in [6, 6.07) is 10.5. The van der Waals surface area contributed by atoms with Crippen LogP contribution in [0.25, 0.3) is 0 Å².